The Morgan fingerprint density at radius 1 is 1.06 bits per heavy atom. The molecule has 1 N–H and O–H groups in total. The lowest BCUT2D eigenvalue weighted by molar-refractivity contribution is -0.125. The van der Waals surface area contributed by atoms with Gasteiger partial charge >= 0.3 is 0 Å². The van der Waals surface area contributed by atoms with Gasteiger partial charge in [-0.05, 0) is 56.0 Å². The first-order valence-electron chi connectivity index (χ1n) is 10.8. The number of amides is 1. The number of anilines is 1. The fraction of sp³-hybridized carbons (Fsp3) is 0.320. The summed E-state index contributed by atoms with van der Waals surface area (Å²) in [6, 6.07) is 20.0. The summed E-state index contributed by atoms with van der Waals surface area (Å²) in [6.07, 6.45) is 2.67. The van der Waals surface area contributed by atoms with Gasteiger partial charge in [-0.15, -0.1) is 10.2 Å². The van der Waals surface area contributed by atoms with E-state index in [2.05, 4.69) is 51.6 Å². The molecule has 5 nitrogen and oxygen atoms in total. The van der Waals surface area contributed by atoms with Crippen LogP contribution < -0.4 is 10.2 Å². The summed E-state index contributed by atoms with van der Waals surface area (Å²) in [7, 11) is 0. The maximum atomic E-state index is 12.7. The Kier molecular flexibility index (Phi) is 6.82. The van der Waals surface area contributed by atoms with Crippen molar-refractivity contribution in [2.75, 3.05) is 24.5 Å². The largest absolute Gasteiger partial charge is 0.355 e. The molecule has 0 bridgehead atoms. The number of hydrogen-bond donors (Lipinski definition) is 1. The molecule has 1 aromatic heterocycles. The van der Waals surface area contributed by atoms with E-state index in [0.29, 0.717) is 13.1 Å². The highest BCUT2D eigenvalue weighted by atomic mass is 35.5. The predicted molar refractivity (Wildman–Crippen MR) is 125 cm³/mol. The quantitative estimate of drug-likeness (QED) is 0.612. The van der Waals surface area contributed by atoms with Crippen LogP contribution in [0, 0.1) is 12.8 Å². The van der Waals surface area contributed by atoms with Gasteiger partial charge in [0.2, 0.25) is 5.91 Å². The second-order valence-corrected chi connectivity index (χ2v) is 8.53. The molecule has 0 aliphatic carbocycles. The zero-order valence-electron chi connectivity index (χ0n) is 17.7. The monoisotopic (exact) mass is 434 g/mol. The predicted octanol–water partition coefficient (Wildman–Crippen LogP) is 4.68. The van der Waals surface area contributed by atoms with Crippen molar-refractivity contribution in [1.82, 2.24) is 15.5 Å². The van der Waals surface area contributed by atoms with Crippen molar-refractivity contribution in [3.05, 3.63) is 76.8 Å². The Balaban J connectivity index is 1.31. The zero-order valence-corrected chi connectivity index (χ0v) is 18.5. The molecule has 6 heteroatoms. The summed E-state index contributed by atoms with van der Waals surface area (Å²) in [5.41, 5.74) is 4.30. The van der Waals surface area contributed by atoms with Crippen LogP contribution in [-0.2, 0) is 11.2 Å². The van der Waals surface area contributed by atoms with Gasteiger partial charge in [0.05, 0.1) is 11.6 Å². The molecule has 1 aliphatic rings. The second-order valence-electron chi connectivity index (χ2n) is 8.10. The summed E-state index contributed by atoms with van der Waals surface area (Å²) in [5.74, 6) is 0.912. The number of rotatable bonds is 6. The number of aryl methyl sites for hydroxylation is 1. The molecule has 3 aromatic rings. The van der Waals surface area contributed by atoms with Crippen LogP contribution in [0.3, 0.4) is 0 Å². The average Bonchev–Trinajstić information content (AvgIpc) is 2.81. The van der Waals surface area contributed by atoms with E-state index < -0.39 is 0 Å². The number of carbonyl (C=O) groups is 1. The average molecular weight is 435 g/mol. The molecule has 31 heavy (non-hydrogen) atoms. The SMILES string of the molecule is Cc1ccc(-c2ccc(N3CCC[C@@H](C(=O)NCCc4ccc(Cl)cc4)C3)nn2)cc1. The number of piperidine rings is 1. The third kappa shape index (κ3) is 5.61. The van der Waals surface area contributed by atoms with Crippen molar-refractivity contribution < 1.29 is 4.79 Å². The minimum atomic E-state index is -0.0301. The third-order valence-corrected chi connectivity index (χ3v) is 5.99. The van der Waals surface area contributed by atoms with Gasteiger partial charge < -0.3 is 10.2 Å². The molecule has 0 saturated carbocycles. The molecule has 0 spiro atoms. The first-order chi connectivity index (χ1) is 15.1. The fourth-order valence-electron chi connectivity index (χ4n) is 3.90. The molecule has 1 saturated heterocycles. The molecule has 4 rings (SSSR count). The topological polar surface area (TPSA) is 58.1 Å². The van der Waals surface area contributed by atoms with E-state index in [0.717, 1.165) is 47.9 Å². The molecule has 0 radical (unpaired) electrons. The maximum Gasteiger partial charge on any atom is 0.224 e. The summed E-state index contributed by atoms with van der Waals surface area (Å²) < 4.78 is 0. The van der Waals surface area contributed by atoms with E-state index in [9.17, 15) is 4.79 Å². The van der Waals surface area contributed by atoms with Crippen molar-refractivity contribution in [1.29, 1.82) is 0 Å². The Bertz CT molecular complexity index is 1000. The summed E-state index contributed by atoms with van der Waals surface area (Å²) in [4.78, 5) is 14.9. The third-order valence-electron chi connectivity index (χ3n) is 5.74. The van der Waals surface area contributed by atoms with Crippen LogP contribution in [-0.4, -0.2) is 35.7 Å². The number of nitrogens with one attached hydrogen (secondary N) is 1. The van der Waals surface area contributed by atoms with Crippen molar-refractivity contribution in [2.45, 2.75) is 26.2 Å². The minimum Gasteiger partial charge on any atom is -0.355 e. The summed E-state index contributed by atoms with van der Waals surface area (Å²) >= 11 is 5.92. The molecule has 2 aromatic carbocycles. The molecule has 1 atom stereocenters. The van der Waals surface area contributed by atoms with Gasteiger partial charge in [-0.25, -0.2) is 0 Å². The highest BCUT2D eigenvalue weighted by Gasteiger charge is 2.26. The van der Waals surface area contributed by atoms with Crippen LogP contribution in [0.2, 0.25) is 5.02 Å². The second kappa shape index (κ2) is 9.92. The van der Waals surface area contributed by atoms with Crippen LogP contribution in [0.15, 0.2) is 60.7 Å². The Morgan fingerprint density at radius 3 is 2.55 bits per heavy atom. The van der Waals surface area contributed by atoms with Crippen LogP contribution in [0.5, 0.6) is 0 Å². The number of carbonyl (C=O) groups excluding carboxylic acids is 1. The Hall–Kier alpha value is -2.92. The number of aromatic nitrogens is 2. The van der Waals surface area contributed by atoms with Crippen molar-refractivity contribution >= 4 is 23.3 Å². The van der Waals surface area contributed by atoms with Crippen LogP contribution in [0.4, 0.5) is 5.82 Å². The van der Waals surface area contributed by atoms with E-state index in [1.807, 2.05) is 36.4 Å². The van der Waals surface area contributed by atoms with E-state index in [1.165, 1.54) is 11.1 Å². The first kappa shape index (κ1) is 21.3. The minimum absolute atomic E-state index is 0.0301. The number of halogens is 1. The molecule has 1 fully saturated rings. The van der Waals surface area contributed by atoms with Gasteiger partial charge in [0.1, 0.15) is 0 Å². The van der Waals surface area contributed by atoms with Crippen molar-refractivity contribution in [3.8, 4) is 11.3 Å². The number of benzene rings is 2. The fourth-order valence-corrected chi connectivity index (χ4v) is 4.02. The van der Waals surface area contributed by atoms with Gasteiger partial charge in [0, 0.05) is 30.2 Å². The highest BCUT2D eigenvalue weighted by molar-refractivity contribution is 6.30. The maximum absolute atomic E-state index is 12.7. The molecule has 1 aliphatic heterocycles. The van der Waals surface area contributed by atoms with Crippen molar-refractivity contribution in [3.63, 3.8) is 0 Å². The lowest BCUT2D eigenvalue weighted by Crippen LogP contribution is -2.43. The lowest BCUT2D eigenvalue weighted by atomic mass is 9.97. The molecule has 1 amide bonds. The van der Waals surface area contributed by atoms with E-state index in [1.54, 1.807) is 0 Å². The summed E-state index contributed by atoms with van der Waals surface area (Å²) in [6.45, 7) is 4.26. The number of nitrogens with zero attached hydrogens (tertiary/aromatic N) is 3. The van der Waals surface area contributed by atoms with Crippen molar-refractivity contribution in [2.24, 2.45) is 5.92 Å². The number of hydrogen-bond acceptors (Lipinski definition) is 4. The zero-order chi connectivity index (χ0) is 21.6. The Labute approximate surface area is 188 Å². The van der Waals surface area contributed by atoms with E-state index >= 15 is 0 Å². The molecular weight excluding hydrogens is 408 g/mol. The van der Waals surface area contributed by atoms with E-state index in [4.69, 9.17) is 11.6 Å². The molecule has 160 valence electrons. The van der Waals surface area contributed by atoms with Crippen LogP contribution >= 0.6 is 11.6 Å². The van der Waals surface area contributed by atoms with Crippen LogP contribution in [0.1, 0.15) is 24.0 Å². The van der Waals surface area contributed by atoms with E-state index in [-0.39, 0.29) is 11.8 Å². The highest BCUT2D eigenvalue weighted by Crippen LogP contribution is 2.23. The standard InChI is InChI=1S/C25H27ClN4O/c1-18-4-8-20(9-5-18)23-12-13-24(29-28-23)30-16-2-3-21(17-30)25(31)27-15-14-19-6-10-22(26)11-7-19/h4-13,21H,2-3,14-17H2,1H3,(H,27,31)/t21-/m1/s1. The van der Waals surface area contributed by atoms with Crippen LogP contribution in [0.25, 0.3) is 11.3 Å². The lowest BCUT2D eigenvalue weighted by Gasteiger charge is -2.32. The normalized spacial score (nSPS) is 16.2. The van der Waals surface area contributed by atoms with Gasteiger partial charge in [0.25, 0.3) is 0 Å². The Morgan fingerprint density at radius 2 is 1.84 bits per heavy atom. The van der Waals surface area contributed by atoms with Gasteiger partial charge in [-0.1, -0.05) is 53.6 Å². The molecular formula is C25H27ClN4O. The van der Waals surface area contributed by atoms with Gasteiger partial charge in [0.15, 0.2) is 5.82 Å². The molecule has 0 unspecified atom stereocenters. The smallest absolute Gasteiger partial charge is 0.224 e. The summed E-state index contributed by atoms with van der Waals surface area (Å²) in [5, 5.41) is 12.7. The first-order valence-corrected chi connectivity index (χ1v) is 11.1. The molecule has 2 heterocycles. The van der Waals surface area contributed by atoms with Gasteiger partial charge in [-0.3, -0.25) is 4.79 Å². The van der Waals surface area contributed by atoms with Gasteiger partial charge in [-0.2, -0.15) is 0 Å².